The number of hydrogen-bond donors (Lipinski definition) is 16. The molecule has 5 aliphatic heterocycles. The van der Waals surface area contributed by atoms with E-state index in [0.29, 0.717) is 0 Å². The molecule has 0 radical (unpaired) electrons. The third-order valence-electron chi connectivity index (χ3n) is 11.5. The molecule has 3 amide bonds. The third-order valence-corrected chi connectivity index (χ3v) is 11.5. The van der Waals surface area contributed by atoms with E-state index in [0.717, 1.165) is 20.8 Å². The molecular weight excluding hydrogens is 874 g/mol. The van der Waals surface area contributed by atoms with Gasteiger partial charge in [0.1, 0.15) is 116 Å². The average Bonchev–Trinajstić information content (AvgIpc) is 3.24. The van der Waals surface area contributed by atoms with Gasteiger partial charge in [-0.25, -0.2) is 0 Å². The van der Waals surface area contributed by atoms with Crippen LogP contribution in [0.15, 0.2) is 0 Å². The van der Waals surface area contributed by atoms with Crippen molar-refractivity contribution in [3.05, 3.63) is 0 Å². The van der Waals surface area contributed by atoms with Gasteiger partial charge in [0.25, 0.3) is 0 Å². The van der Waals surface area contributed by atoms with Crippen molar-refractivity contribution in [2.24, 2.45) is 0 Å². The number of hydrogen-bond acceptors (Lipinski definition) is 25. The van der Waals surface area contributed by atoms with E-state index in [1.807, 2.05) is 0 Å². The lowest BCUT2D eigenvalue weighted by Crippen LogP contribution is -2.70. The third kappa shape index (κ3) is 11.6. The van der Waals surface area contributed by atoms with Crippen LogP contribution in [0.2, 0.25) is 0 Å². The first-order chi connectivity index (χ1) is 30.1. The summed E-state index contributed by atoms with van der Waals surface area (Å²) in [6, 6.07) is -4.75. The number of rotatable bonds is 15. The molecule has 0 aromatic heterocycles. The molecule has 25 atom stereocenters. The Labute approximate surface area is 364 Å². The van der Waals surface area contributed by atoms with Crippen molar-refractivity contribution in [2.45, 2.75) is 181 Å². The Morgan fingerprint density at radius 1 is 0.438 bits per heavy atom. The van der Waals surface area contributed by atoms with Gasteiger partial charge in [0.05, 0.1) is 32.5 Å². The van der Waals surface area contributed by atoms with E-state index in [2.05, 4.69) is 16.0 Å². The van der Waals surface area contributed by atoms with Crippen molar-refractivity contribution in [3.8, 4) is 0 Å². The molecule has 64 heavy (non-hydrogen) atoms. The van der Waals surface area contributed by atoms with E-state index in [9.17, 15) is 80.8 Å². The molecule has 5 saturated heterocycles. The maximum absolute atomic E-state index is 12.8. The van der Waals surface area contributed by atoms with Crippen molar-refractivity contribution in [1.29, 1.82) is 0 Å². The van der Waals surface area contributed by atoms with Crippen LogP contribution in [0.1, 0.15) is 27.7 Å². The number of ether oxygens (including phenoxy) is 9. The molecule has 5 aliphatic rings. The molecule has 0 unspecified atom stereocenters. The van der Waals surface area contributed by atoms with E-state index in [1.54, 1.807) is 0 Å². The predicted octanol–water partition coefficient (Wildman–Crippen LogP) is -10.5. The number of carbonyl (C=O) groups excluding carboxylic acids is 3. The number of aliphatic hydroxyl groups is 13. The molecular formula is C36H61N3O25. The van der Waals surface area contributed by atoms with Crippen LogP contribution >= 0.6 is 0 Å². The van der Waals surface area contributed by atoms with Crippen LogP contribution in [0, 0.1) is 0 Å². The predicted molar refractivity (Wildman–Crippen MR) is 200 cm³/mol. The fourth-order valence-corrected chi connectivity index (χ4v) is 8.08. The lowest BCUT2D eigenvalue weighted by molar-refractivity contribution is -0.376. The van der Waals surface area contributed by atoms with Gasteiger partial charge in [-0.3, -0.25) is 14.4 Å². The van der Waals surface area contributed by atoms with Crippen molar-refractivity contribution < 1.29 is 123 Å². The fraction of sp³-hybridized carbons (Fsp3) is 0.917. The van der Waals surface area contributed by atoms with Crippen molar-refractivity contribution in [3.63, 3.8) is 0 Å². The van der Waals surface area contributed by atoms with Crippen molar-refractivity contribution in [1.82, 2.24) is 16.0 Å². The van der Waals surface area contributed by atoms with Gasteiger partial charge in [-0.05, 0) is 6.92 Å². The lowest BCUT2D eigenvalue weighted by Gasteiger charge is -2.50. The summed E-state index contributed by atoms with van der Waals surface area (Å²) in [5.41, 5.74) is 0. The molecule has 5 heterocycles. The summed E-state index contributed by atoms with van der Waals surface area (Å²) in [6.07, 6.45) is -38.5. The molecule has 0 saturated carbocycles. The van der Waals surface area contributed by atoms with Gasteiger partial charge in [-0.2, -0.15) is 0 Å². The highest BCUT2D eigenvalue weighted by Gasteiger charge is 2.56. The average molecular weight is 936 g/mol. The minimum Gasteiger partial charge on any atom is -0.394 e. The van der Waals surface area contributed by atoms with Gasteiger partial charge in [0, 0.05) is 20.8 Å². The van der Waals surface area contributed by atoms with E-state index in [1.165, 1.54) is 6.92 Å². The Morgan fingerprint density at radius 2 is 0.891 bits per heavy atom. The maximum Gasteiger partial charge on any atom is 0.217 e. The van der Waals surface area contributed by atoms with E-state index < -0.39 is 197 Å². The Kier molecular flexibility index (Phi) is 18.5. The minimum atomic E-state index is -2.01. The van der Waals surface area contributed by atoms with Crippen LogP contribution < -0.4 is 16.0 Å². The summed E-state index contributed by atoms with van der Waals surface area (Å²) < 4.78 is 52.5. The second kappa shape index (κ2) is 22.6. The molecule has 0 bridgehead atoms. The molecule has 28 heteroatoms. The second-order valence-corrected chi connectivity index (χ2v) is 16.2. The summed E-state index contributed by atoms with van der Waals surface area (Å²) in [4.78, 5) is 37.1. The zero-order valence-electron chi connectivity index (χ0n) is 35.0. The monoisotopic (exact) mass is 935 g/mol. The molecule has 5 fully saturated rings. The summed E-state index contributed by atoms with van der Waals surface area (Å²) in [7, 11) is 0. The topological polar surface area (TPSA) is 433 Å². The Bertz CT molecular complexity index is 1540. The Morgan fingerprint density at radius 3 is 1.45 bits per heavy atom. The Hall–Kier alpha value is -2.47. The summed E-state index contributed by atoms with van der Waals surface area (Å²) in [5, 5.41) is 145. The SMILES string of the molecule is CC(=O)N[C@@H]1[C@@H](O[C@@H]2O[C@H](CO)[C@@H](O)[C@H](O)[C@H]2NC(C)=O)[C@H](O)[C@@H](CO[C@@H]2O[C@H](CO)[C@@H](O[C@@H]3O[C@H](CO)[C@H](O)[C@H](O)[C@H]3O)[C@H](O[C@@H]3O[C@@H](C)[C@@H](O)[C@@H](O)[C@@H]3O)[C@H]2NC(C)=O)O[C@H]1O. The first kappa shape index (κ1) is 52.5. The fourth-order valence-electron chi connectivity index (χ4n) is 8.08. The van der Waals surface area contributed by atoms with Crippen LogP contribution in [-0.2, 0) is 57.0 Å². The highest BCUT2D eigenvalue weighted by molar-refractivity contribution is 5.74. The Balaban J connectivity index is 1.46. The molecule has 370 valence electrons. The highest BCUT2D eigenvalue weighted by Crippen LogP contribution is 2.35. The zero-order chi connectivity index (χ0) is 47.5. The number of aliphatic hydroxyl groups excluding tert-OH is 13. The maximum atomic E-state index is 12.8. The molecule has 5 rings (SSSR count). The van der Waals surface area contributed by atoms with Crippen molar-refractivity contribution in [2.75, 3.05) is 26.4 Å². The lowest BCUT2D eigenvalue weighted by atomic mass is 9.94. The van der Waals surface area contributed by atoms with Crippen LogP contribution in [0.25, 0.3) is 0 Å². The van der Waals surface area contributed by atoms with E-state index >= 15 is 0 Å². The zero-order valence-corrected chi connectivity index (χ0v) is 35.0. The van der Waals surface area contributed by atoms with Crippen LogP contribution in [0.4, 0.5) is 0 Å². The summed E-state index contributed by atoms with van der Waals surface area (Å²) in [6.45, 7) is 1.06. The molecule has 16 N–H and O–H groups in total. The summed E-state index contributed by atoms with van der Waals surface area (Å²) >= 11 is 0. The first-order valence-corrected chi connectivity index (χ1v) is 20.4. The van der Waals surface area contributed by atoms with E-state index in [-0.39, 0.29) is 0 Å². The van der Waals surface area contributed by atoms with E-state index in [4.69, 9.17) is 42.6 Å². The van der Waals surface area contributed by atoms with Crippen LogP contribution in [0.3, 0.4) is 0 Å². The van der Waals surface area contributed by atoms with Gasteiger partial charge < -0.3 is 125 Å². The normalized spacial score (nSPS) is 47.7. The van der Waals surface area contributed by atoms with Gasteiger partial charge in [-0.15, -0.1) is 0 Å². The second-order valence-electron chi connectivity index (χ2n) is 16.2. The number of nitrogens with one attached hydrogen (secondary N) is 3. The molecule has 0 spiro atoms. The van der Waals surface area contributed by atoms with Gasteiger partial charge >= 0.3 is 0 Å². The smallest absolute Gasteiger partial charge is 0.217 e. The molecule has 28 nitrogen and oxygen atoms in total. The quantitative estimate of drug-likeness (QED) is 0.0725. The first-order valence-electron chi connectivity index (χ1n) is 20.4. The molecule has 0 aromatic carbocycles. The van der Waals surface area contributed by atoms with Crippen LogP contribution in [0.5, 0.6) is 0 Å². The van der Waals surface area contributed by atoms with Crippen LogP contribution in [-0.4, -0.2) is 264 Å². The minimum absolute atomic E-state index is 0.716. The molecule has 0 aromatic rings. The number of carbonyl (C=O) groups is 3. The van der Waals surface area contributed by atoms with Gasteiger partial charge in [-0.1, -0.05) is 0 Å². The van der Waals surface area contributed by atoms with Gasteiger partial charge in [0.2, 0.25) is 17.7 Å². The van der Waals surface area contributed by atoms with Gasteiger partial charge in [0.15, 0.2) is 31.5 Å². The molecule has 0 aliphatic carbocycles. The summed E-state index contributed by atoms with van der Waals surface area (Å²) in [5.74, 6) is -2.25. The number of amides is 3. The van der Waals surface area contributed by atoms with Crippen molar-refractivity contribution >= 4 is 17.7 Å². The largest absolute Gasteiger partial charge is 0.394 e. The standard InChI is InChI=1S/C36H61N3O25/c1-9-20(46)25(51)27(53)35(57-9)64-31-19(39-12(4)45)33(61-15(7-42)29(31)62-36-28(54)26(52)22(48)14(6-41)60-36)56-8-16-23(49)30(18(32(55)58-16)38-11(3)44)63-34-17(37-10(2)43)24(50)21(47)13(5-40)59-34/h9,13-36,40-42,46-55H,5-8H2,1-4H3,(H,37,43)(H,38,44)(H,39,45)/t9-,13+,14+,15+,16+,17+,18+,19+,20+,21+,22-,23+,24+,25+,26-,27-,28+,29+,30+,31+,32+,33+,34-,35-,36-/m0/s1. The highest BCUT2D eigenvalue weighted by atomic mass is 16.8.